The summed E-state index contributed by atoms with van der Waals surface area (Å²) in [6.45, 7) is 3.96. The summed E-state index contributed by atoms with van der Waals surface area (Å²) in [4.78, 5) is 11.8. The number of non-ortho nitro benzene ring substituents is 1. The average molecular weight is 276 g/mol. The molecule has 4 nitrogen and oxygen atoms in total. The number of nitro groups is 1. The minimum absolute atomic E-state index is 0.128. The van der Waals surface area contributed by atoms with E-state index in [9.17, 15) is 10.1 Å². The lowest BCUT2D eigenvalue weighted by molar-refractivity contribution is -0.384. The molecule has 19 heavy (non-hydrogen) atoms. The van der Waals surface area contributed by atoms with Gasteiger partial charge in [0, 0.05) is 22.7 Å². The van der Waals surface area contributed by atoms with E-state index in [1.165, 1.54) is 4.88 Å². The summed E-state index contributed by atoms with van der Waals surface area (Å²) in [5, 5.41) is 16.3. The molecule has 0 aliphatic carbocycles. The smallest absolute Gasteiger partial charge is 0.271 e. The lowest BCUT2D eigenvalue weighted by Gasteiger charge is -2.17. The molecule has 0 spiro atoms. The summed E-state index contributed by atoms with van der Waals surface area (Å²) >= 11 is 1.69. The third-order valence-electron chi connectivity index (χ3n) is 2.91. The van der Waals surface area contributed by atoms with E-state index in [0.29, 0.717) is 0 Å². The second kappa shape index (κ2) is 5.84. The molecule has 1 aromatic heterocycles. The molecule has 0 radical (unpaired) electrons. The number of benzene rings is 1. The van der Waals surface area contributed by atoms with Crippen molar-refractivity contribution in [2.24, 2.45) is 0 Å². The van der Waals surface area contributed by atoms with Crippen LogP contribution in [0.25, 0.3) is 0 Å². The van der Waals surface area contributed by atoms with Crippen LogP contribution >= 0.6 is 11.3 Å². The molecular weight excluding hydrogens is 260 g/mol. The molecule has 0 saturated carbocycles. The molecule has 0 amide bonds. The maximum Gasteiger partial charge on any atom is 0.271 e. The minimum atomic E-state index is -0.357. The Balaban J connectivity index is 2.24. The van der Waals surface area contributed by atoms with Crippen LogP contribution in [0.1, 0.15) is 29.8 Å². The molecule has 2 aromatic rings. The van der Waals surface area contributed by atoms with Crippen LogP contribution in [0.2, 0.25) is 0 Å². The highest BCUT2D eigenvalue weighted by molar-refractivity contribution is 7.10. The lowest BCUT2D eigenvalue weighted by Crippen LogP contribution is -2.08. The van der Waals surface area contributed by atoms with Crippen LogP contribution in [0, 0.1) is 17.0 Å². The Morgan fingerprint density at radius 3 is 2.79 bits per heavy atom. The number of nitro benzene ring substituents is 1. The predicted octanol–water partition coefficient (Wildman–Crippen LogP) is 4.53. The minimum Gasteiger partial charge on any atom is -0.377 e. The van der Waals surface area contributed by atoms with E-state index < -0.39 is 0 Å². The SMILES string of the molecule is CCC(Nc1cc(C)cc([N+](=O)[O-])c1)c1cccs1. The first-order valence-corrected chi connectivity index (χ1v) is 7.04. The number of nitrogens with one attached hydrogen (secondary N) is 1. The van der Waals surface area contributed by atoms with Crippen molar-refractivity contribution in [3.8, 4) is 0 Å². The summed E-state index contributed by atoms with van der Waals surface area (Å²) < 4.78 is 0. The quantitative estimate of drug-likeness (QED) is 0.645. The molecule has 0 fully saturated rings. The fourth-order valence-electron chi connectivity index (χ4n) is 2.02. The highest BCUT2D eigenvalue weighted by Gasteiger charge is 2.13. The zero-order valence-electron chi connectivity index (χ0n) is 10.9. The normalized spacial score (nSPS) is 12.1. The summed E-state index contributed by atoms with van der Waals surface area (Å²) in [6, 6.07) is 9.39. The number of rotatable bonds is 5. The predicted molar refractivity (Wildman–Crippen MR) is 78.8 cm³/mol. The summed E-state index contributed by atoms with van der Waals surface area (Å²) in [5.41, 5.74) is 1.81. The fraction of sp³-hybridized carbons (Fsp3) is 0.286. The van der Waals surface area contributed by atoms with Gasteiger partial charge in [0.2, 0.25) is 0 Å². The van der Waals surface area contributed by atoms with Crippen LogP contribution in [0.4, 0.5) is 11.4 Å². The van der Waals surface area contributed by atoms with Crippen molar-refractivity contribution in [3.63, 3.8) is 0 Å². The van der Waals surface area contributed by atoms with Gasteiger partial charge in [0.15, 0.2) is 0 Å². The van der Waals surface area contributed by atoms with Crippen LogP contribution in [0.15, 0.2) is 35.7 Å². The second-order valence-electron chi connectivity index (χ2n) is 4.43. The Morgan fingerprint density at radius 2 is 2.21 bits per heavy atom. The van der Waals surface area contributed by atoms with Crippen molar-refractivity contribution >= 4 is 22.7 Å². The first-order chi connectivity index (χ1) is 9.10. The molecule has 1 aromatic carbocycles. The Bertz CT molecular complexity index is 567. The van der Waals surface area contributed by atoms with Gasteiger partial charge in [-0.25, -0.2) is 0 Å². The largest absolute Gasteiger partial charge is 0.377 e. The molecule has 0 saturated heterocycles. The monoisotopic (exact) mass is 276 g/mol. The molecule has 0 bridgehead atoms. The van der Waals surface area contributed by atoms with Gasteiger partial charge in [-0.15, -0.1) is 11.3 Å². The van der Waals surface area contributed by atoms with Crippen molar-refractivity contribution in [2.45, 2.75) is 26.3 Å². The molecule has 2 rings (SSSR count). The second-order valence-corrected chi connectivity index (χ2v) is 5.41. The maximum atomic E-state index is 10.9. The van der Waals surface area contributed by atoms with Gasteiger partial charge < -0.3 is 5.32 Å². The van der Waals surface area contributed by atoms with Crippen LogP contribution in [-0.2, 0) is 0 Å². The summed E-state index contributed by atoms with van der Waals surface area (Å²) in [7, 11) is 0. The first-order valence-electron chi connectivity index (χ1n) is 6.16. The van der Waals surface area contributed by atoms with Crippen LogP contribution < -0.4 is 5.32 Å². The number of aryl methyl sites for hydroxylation is 1. The van der Waals surface area contributed by atoms with E-state index in [1.54, 1.807) is 23.5 Å². The third-order valence-corrected chi connectivity index (χ3v) is 3.89. The molecule has 0 aliphatic heterocycles. The summed E-state index contributed by atoms with van der Waals surface area (Å²) in [6.07, 6.45) is 0.933. The van der Waals surface area contributed by atoms with Gasteiger partial charge in [0.25, 0.3) is 5.69 Å². The van der Waals surface area contributed by atoms with Crippen molar-refractivity contribution in [1.29, 1.82) is 0 Å². The zero-order chi connectivity index (χ0) is 13.8. The molecule has 1 N–H and O–H groups in total. The first kappa shape index (κ1) is 13.5. The van der Waals surface area contributed by atoms with E-state index in [1.807, 2.05) is 24.4 Å². The van der Waals surface area contributed by atoms with Gasteiger partial charge in [-0.3, -0.25) is 10.1 Å². The number of anilines is 1. The van der Waals surface area contributed by atoms with Gasteiger partial charge in [0.1, 0.15) is 0 Å². The summed E-state index contributed by atoms with van der Waals surface area (Å²) in [5.74, 6) is 0. The third kappa shape index (κ3) is 3.32. The number of hydrogen-bond acceptors (Lipinski definition) is 4. The molecular formula is C14H16N2O2S. The van der Waals surface area contributed by atoms with E-state index in [4.69, 9.17) is 0 Å². The van der Waals surface area contributed by atoms with Crippen LogP contribution in [-0.4, -0.2) is 4.92 Å². The highest BCUT2D eigenvalue weighted by atomic mass is 32.1. The molecule has 5 heteroatoms. The zero-order valence-corrected chi connectivity index (χ0v) is 11.7. The average Bonchev–Trinajstić information content (AvgIpc) is 2.89. The number of nitrogens with zero attached hydrogens (tertiary/aromatic N) is 1. The van der Waals surface area contributed by atoms with Gasteiger partial charge in [0.05, 0.1) is 11.0 Å². The van der Waals surface area contributed by atoms with Crippen molar-refractivity contribution in [2.75, 3.05) is 5.32 Å². The fourth-order valence-corrected chi connectivity index (χ4v) is 2.88. The molecule has 100 valence electrons. The van der Waals surface area contributed by atoms with E-state index in [2.05, 4.69) is 18.3 Å². The van der Waals surface area contributed by atoms with Crippen molar-refractivity contribution < 1.29 is 4.92 Å². The van der Waals surface area contributed by atoms with Crippen LogP contribution in [0.5, 0.6) is 0 Å². The van der Waals surface area contributed by atoms with Gasteiger partial charge in [-0.05, 0) is 36.4 Å². The molecule has 1 atom stereocenters. The van der Waals surface area contributed by atoms with Crippen molar-refractivity contribution in [1.82, 2.24) is 0 Å². The number of thiophene rings is 1. The molecule has 1 heterocycles. The van der Waals surface area contributed by atoms with E-state index in [0.717, 1.165) is 17.7 Å². The van der Waals surface area contributed by atoms with E-state index in [-0.39, 0.29) is 16.7 Å². The Morgan fingerprint density at radius 1 is 1.42 bits per heavy atom. The van der Waals surface area contributed by atoms with Gasteiger partial charge >= 0.3 is 0 Å². The van der Waals surface area contributed by atoms with Gasteiger partial charge in [-0.1, -0.05) is 13.0 Å². The Labute approximate surface area is 116 Å². The van der Waals surface area contributed by atoms with Gasteiger partial charge in [-0.2, -0.15) is 0 Å². The molecule has 0 aliphatic rings. The molecule has 1 unspecified atom stereocenters. The Kier molecular flexibility index (Phi) is 4.16. The lowest BCUT2D eigenvalue weighted by atomic mass is 10.1. The van der Waals surface area contributed by atoms with Crippen molar-refractivity contribution in [3.05, 3.63) is 56.3 Å². The number of hydrogen-bond donors (Lipinski definition) is 1. The Hall–Kier alpha value is -1.88. The topological polar surface area (TPSA) is 55.2 Å². The van der Waals surface area contributed by atoms with E-state index >= 15 is 0 Å². The standard InChI is InChI=1S/C14H16N2O2S/c1-3-13(14-5-4-6-19-14)15-11-7-10(2)8-12(9-11)16(17)18/h4-9,13,15H,3H2,1-2H3. The van der Waals surface area contributed by atoms with Crippen LogP contribution in [0.3, 0.4) is 0 Å². The highest BCUT2D eigenvalue weighted by Crippen LogP contribution is 2.28. The maximum absolute atomic E-state index is 10.9.